The smallest absolute Gasteiger partial charge is 0.293 e. The quantitative estimate of drug-likeness (QED) is 0.0291. The topological polar surface area (TPSA) is 274 Å². The van der Waals surface area contributed by atoms with Gasteiger partial charge in [0.15, 0.2) is 17.3 Å². The Morgan fingerprint density at radius 2 is 0.977 bits per heavy atom. The van der Waals surface area contributed by atoms with E-state index in [1.807, 2.05) is 60.7 Å². The van der Waals surface area contributed by atoms with Gasteiger partial charge in [-0.3, -0.25) is 53.4 Å². The molecule has 0 aliphatic rings. The molecule has 4 heterocycles. The Balaban J connectivity index is 0.000000877. The number of nitrogens with one attached hydrogen (secondary N) is 2. The molecule has 22 nitrogen and oxygen atoms in total. The number of nitro groups is 1. The van der Waals surface area contributed by atoms with Crippen molar-refractivity contribution in [3.63, 3.8) is 0 Å². The molecule has 0 saturated carbocycles. The van der Waals surface area contributed by atoms with Crippen molar-refractivity contribution in [1.29, 1.82) is 0 Å². The van der Waals surface area contributed by atoms with Gasteiger partial charge in [0.05, 0.1) is 16.1 Å². The molecule has 0 aliphatic heterocycles. The number of aryl methyl sites for hydroxylation is 4. The summed E-state index contributed by atoms with van der Waals surface area (Å²) in [5, 5.41) is 17.5. The fourth-order valence-corrected chi connectivity index (χ4v) is 9.75. The van der Waals surface area contributed by atoms with Gasteiger partial charge in [-0.25, -0.2) is 0 Å². The maximum absolute atomic E-state index is 13.9. The van der Waals surface area contributed by atoms with Crippen LogP contribution in [-0.2, 0) is 47.8 Å². The van der Waals surface area contributed by atoms with Gasteiger partial charge in [-0.2, -0.15) is 0 Å². The number of ether oxygens (including phenoxy) is 2. The van der Waals surface area contributed by atoms with Crippen LogP contribution in [0.4, 0.5) is 5.69 Å². The van der Waals surface area contributed by atoms with Gasteiger partial charge in [0.2, 0.25) is 5.91 Å². The molecule has 7 rings (SSSR count). The van der Waals surface area contributed by atoms with Crippen LogP contribution in [0.5, 0.6) is 11.5 Å². The zero-order chi connectivity index (χ0) is 62.5. The summed E-state index contributed by atoms with van der Waals surface area (Å²) in [7, 11) is 6.43. The van der Waals surface area contributed by atoms with Crippen molar-refractivity contribution in [3.05, 3.63) is 236 Å². The highest BCUT2D eigenvalue weighted by Gasteiger charge is 2.24. The van der Waals surface area contributed by atoms with Crippen LogP contribution in [0.2, 0.25) is 0 Å². The maximum Gasteiger partial charge on any atom is 0.293 e. The van der Waals surface area contributed by atoms with E-state index in [0.29, 0.717) is 62.3 Å². The zero-order valence-electron chi connectivity index (χ0n) is 49.8. The van der Waals surface area contributed by atoms with Crippen LogP contribution in [0, 0.1) is 29.9 Å². The van der Waals surface area contributed by atoms with E-state index in [1.165, 1.54) is 61.1 Å². The fraction of sp³-hybridized carbons (Fsp3) is 0.344. The number of carbonyl (C=O) groups is 4. The maximum atomic E-state index is 13.9. The average molecular weight is 1180 g/mol. The minimum absolute atomic E-state index is 0.0306. The number of primary amides is 1. The first-order valence-corrected chi connectivity index (χ1v) is 28.3. The molecule has 0 bridgehead atoms. The van der Waals surface area contributed by atoms with E-state index in [0.717, 1.165) is 29.7 Å². The predicted octanol–water partition coefficient (Wildman–Crippen LogP) is 5.65. The Bertz CT molecular complexity index is 3600. The van der Waals surface area contributed by atoms with Crippen molar-refractivity contribution < 1.29 is 33.6 Å². The lowest BCUT2D eigenvalue weighted by atomic mass is 9.97. The monoisotopic (exact) mass is 1180 g/mol. The van der Waals surface area contributed by atoms with Crippen molar-refractivity contribution in [2.45, 2.75) is 59.7 Å². The third kappa shape index (κ3) is 18.5. The summed E-state index contributed by atoms with van der Waals surface area (Å²) >= 11 is 0. The standard InChI is InChI=1S/C56H66N8O10.C8H10N2O2/c1-6-28-62(29-13-18-49(65)46-23-30-59(3)54(68)40(46)2)36-44(35-41-19-21-45(22-20-41)64(71)72)37-63(33-26-57-52(66)47-24-31-60(4)55(69)50(47)73-38-42-14-9-7-10-15-42)34-27-58-53(67)48-25-32-61(5)56(70)51(48)74-39-43-16-11-8-12-17-43;1-5-6(7(9)11)3-4-10(2)8(5)12/h7-12,14-17,19-25,30-32,44H,6,13,18,26-29,33-39H2,1-5H3,(H,57,66)(H,58,67);3-4H,1-2H3,(H2,9,11). The second-order valence-corrected chi connectivity index (χ2v) is 21.0. The minimum Gasteiger partial charge on any atom is -0.482 e. The first-order chi connectivity index (χ1) is 41.2. The van der Waals surface area contributed by atoms with E-state index < -0.39 is 33.8 Å². The van der Waals surface area contributed by atoms with Gasteiger partial charge in [-0.15, -0.1) is 0 Å². The first-order valence-electron chi connectivity index (χ1n) is 28.3. The Morgan fingerprint density at radius 3 is 1.42 bits per heavy atom. The number of benzene rings is 3. The van der Waals surface area contributed by atoms with Crippen molar-refractivity contribution in [1.82, 2.24) is 38.7 Å². The van der Waals surface area contributed by atoms with Crippen LogP contribution in [-0.4, -0.2) is 109 Å². The number of aromatic nitrogens is 4. The highest BCUT2D eigenvalue weighted by molar-refractivity contribution is 5.98. The number of rotatable bonds is 29. The van der Waals surface area contributed by atoms with E-state index in [9.17, 15) is 48.5 Å². The molecule has 3 aromatic carbocycles. The highest BCUT2D eigenvalue weighted by atomic mass is 16.6. The summed E-state index contributed by atoms with van der Waals surface area (Å²) in [6, 6.07) is 31.4. The summed E-state index contributed by atoms with van der Waals surface area (Å²) in [4.78, 5) is 118. The molecule has 0 fully saturated rings. The molecule has 0 saturated heterocycles. The van der Waals surface area contributed by atoms with Crippen LogP contribution in [0.3, 0.4) is 0 Å². The number of nitrogens with two attached hydrogens (primary N) is 1. The normalized spacial score (nSPS) is 11.4. The highest BCUT2D eigenvalue weighted by Crippen LogP contribution is 2.20. The van der Waals surface area contributed by atoms with Gasteiger partial charge < -0.3 is 49.0 Å². The van der Waals surface area contributed by atoms with E-state index in [2.05, 4.69) is 27.4 Å². The van der Waals surface area contributed by atoms with Crippen LogP contribution in [0.1, 0.15) is 95.4 Å². The van der Waals surface area contributed by atoms with Gasteiger partial charge in [-0.05, 0) is 93.1 Å². The van der Waals surface area contributed by atoms with Crippen molar-refractivity contribution in [2.75, 3.05) is 52.4 Å². The van der Waals surface area contributed by atoms with Crippen LogP contribution in [0.25, 0.3) is 0 Å². The summed E-state index contributed by atoms with van der Waals surface area (Å²) in [6.45, 7) is 8.69. The lowest BCUT2D eigenvalue weighted by molar-refractivity contribution is -0.384. The van der Waals surface area contributed by atoms with Gasteiger partial charge in [0.25, 0.3) is 39.7 Å². The lowest BCUT2D eigenvalue weighted by Gasteiger charge is -2.32. The summed E-state index contributed by atoms with van der Waals surface area (Å²) in [5.74, 6) is -1.95. The molecule has 22 heteroatoms. The summed E-state index contributed by atoms with van der Waals surface area (Å²) in [6.07, 6.45) is 8.27. The third-order valence-electron chi connectivity index (χ3n) is 14.5. The average Bonchev–Trinajstić information content (AvgIpc) is 2.36. The minimum atomic E-state index is -0.565. The Kier molecular flexibility index (Phi) is 24.4. The third-order valence-corrected chi connectivity index (χ3v) is 14.5. The van der Waals surface area contributed by atoms with Gasteiger partial charge in [0, 0.05) is 133 Å². The largest absolute Gasteiger partial charge is 0.482 e. The van der Waals surface area contributed by atoms with Crippen LogP contribution < -0.4 is 48.1 Å². The Hall–Kier alpha value is -9.54. The molecule has 454 valence electrons. The molecular weight excluding hydrogens is 1100 g/mol. The van der Waals surface area contributed by atoms with Gasteiger partial charge >= 0.3 is 0 Å². The number of carbonyl (C=O) groups excluding carboxylic acids is 4. The van der Waals surface area contributed by atoms with Crippen molar-refractivity contribution >= 4 is 29.2 Å². The zero-order valence-corrected chi connectivity index (χ0v) is 49.8. The SMILES string of the molecule is CCCN(CCCC(=O)c1ccn(C)c(=O)c1C)CC(Cc1ccc([N+](=O)[O-])cc1)CN(CCNC(=O)c1ccn(C)c(=O)c1OCc1ccccc1)CCNC(=O)c1ccn(C)c(=O)c1OCc1ccccc1.Cc1c(C(N)=O)ccn(C)c1=O. The predicted molar refractivity (Wildman–Crippen MR) is 328 cm³/mol. The molecule has 4 N–H and O–H groups in total. The summed E-state index contributed by atoms with van der Waals surface area (Å²) < 4.78 is 17.5. The summed E-state index contributed by atoms with van der Waals surface area (Å²) in [5.41, 5.74) is 7.87. The molecule has 7 aromatic rings. The number of amides is 3. The lowest BCUT2D eigenvalue weighted by Crippen LogP contribution is -2.44. The van der Waals surface area contributed by atoms with E-state index in [4.69, 9.17) is 15.2 Å². The molecule has 3 amide bonds. The molecule has 86 heavy (non-hydrogen) atoms. The van der Waals surface area contributed by atoms with Crippen molar-refractivity contribution in [3.8, 4) is 11.5 Å². The number of hydrogen-bond acceptors (Lipinski definition) is 14. The molecule has 4 aromatic heterocycles. The molecule has 0 spiro atoms. The molecule has 1 unspecified atom stereocenters. The number of ketones is 1. The van der Waals surface area contributed by atoms with Gasteiger partial charge in [0.1, 0.15) is 13.2 Å². The van der Waals surface area contributed by atoms with Crippen LogP contribution in [0.15, 0.2) is 153 Å². The molecule has 0 aliphatic carbocycles. The second-order valence-electron chi connectivity index (χ2n) is 21.0. The number of Topliss-reactive ketones (excluding diaryl/α,β-unsaturated/α-hetero) is 1. The Morgan fingerprint density at radius 1 is 0.558 bits per heavy atom. The number of non-ortho nitro benzene ring substituents is 1. The van der Waals surface area contributed by atoms with Crippen LogP contribution >= 0.6 is 0 Å². The van der Waals surface area contributed by atoms with Crippen molar-refractivity contribution in [2.24, 2.45) is 39.8 Å². The van der Waals surface area contributed by atoms with E-state index >= 15 is 0 Å². The van der Waals surface area contributed by atoms with E-state index in [1.54, 1.807) is 72.5 Å². The number of pyridine rings is 4. The number of nitro benzene ring substituents is 1. The number of nitrogens with zero attached hydrogens (tertiary/aromatic N) is 7. The second kappa shape index (κ2) is 31.9. The van der Waals surface area contributed by atoms with E-state index in [-0.39, 0.29) is 89.4 Å². The molecular formula is C64H76N10O12. The van der Waals surface area contributed by atoms with Gasteiger partial charge in [-0.1, -0.05) is 79.7 Å². The molecule has 0 radical (unpaired) electrons. The first kappa shape index (κ1) is 65.6. The molecule has 1 atom stereocenters. The Labute approximate surface area is 498 Å². The fourth-order valence-electron chi connectivity index (χ4n) is 9.75. The number of hydrogen-bond donors (Lipinski definition) is 3.